The summed E-state index contributed by atoms with van der Waals surface area (Å²) in [4.78, 5) is 41.9. The number of methoxy groups -OCH3 is 1. The molecule has 0 aliphatic carbocycles. The normalized spacial score (nSPS) is 17.9. The van der Waals surface area contributed by atoms with Gasteiger partial charge in [-0.3, -0.25) is 24.2 Å². The Morgan fingerprint density at radius 3 is 2.53 bits per heavy atom. The second-order valence-electron chi connectivity index (χ2n) is 6.99. The van der Waals surface area contributed by atoms with Crippen molar-refractivity contribution in [1.82, 2.24) is 4.90 Å². The number of para-hydroxylation sites is 1. The number of halogens is 1. The fraction of sp³-hybridized carbons (Fsp3) is 0.182. The summed E-state index contributed by atoms with van der Waals surface area (Å²) in [6, 6.07) is 12.3. The number of carbonyl (C=O) groups is 3. The van der Waals surface area contributed by atoms with Gasteiger partial charge in [-0.25, -0.2) is 4.39 Å². The lowest BCUT2D eigenvalue weighted by Crippen LogP contribution is -2.35. The lowest BCUT2D eigenvalue weighted by atomic mass is 10.1. The van der Waals surface area contributed by atoms with Gasteiger partial charge >= 0.3 is 0 Å². The van der Waals surface area contributed by atoms with Crippen LogP contribution in [-0.4, -0.2) is 53.7 Å². The summed E-state index contributed by atoms with van der Waals surface area (Å²) in [5.74, 6) is -1.67. The summed E-state index contributed by atoms with van der Waals surface area (Å²) >= 11 is 6.39. The number of anilines is 2. The summed E-state index contributed by atoms with van der Waals surface area (Å²) in [6.07, 6.45) is 0. The quantitative estimate of drug-likeness (QED) is 0.516. The van der Waals surface area contributed by atoms with Crippen LogP contribution >= 0.6 is 24.0 Å². The first kappa shape index (κ1) is 22.1. The van der Waals surface area contributed by atoms with Crippen LogP contribution in [0.2, 0.25) is 0 Å². The fourth-order valence-electron chi connectivity index (χ4n) is 3.46. The molecule has 0 unspecified atom stereocenters. The predicted molar refractivity (Wildman–Crippen MR) is 125 cm³/mol. The van der Waals surface area contributed by atoms with Crippen molar-refractivity contribution < 1.29 is 23.5 Å². The van der Waals surface area contributed by atoms with E-state index in [2.05, 4.69) is 5.32 Å². The lowest BCUT2D eigenvalue weighted by Gasteiger charge is -2.16. The molecule has 4 rings (SSSR count). The van der Waals surface area contributed by atoms with Crippen molar-refractivity contribution in [2.45, 2.75) is 0 Å². The highest BCUT2D eigenvalue weighted by Gasteiger charge is 2.42. The molecule has 1 fully saturated rings. The number of benzene rings is 2. The van der Waals surface area contributed by atoms with Crippen LogP contribution in [0.3, 0.4) is 0 Å². The van der Waals surface area contributed by atoms with Crippen LogP contribution < -0.4 is 10.2 Å². The average molecular weight is 472 g/mol. The van der Waals surface area contributed by atoms with Gasteiger partial charge in [0.15, 0.2) is 0 Å². The smallest absolute Gasteiger partial charge is 0.267 e. The van der Waals surface area contributed by atoms with E-state index in [1.807, 2.05) is 0 Å². The zero-order valence-corrected chi connectivity index (χ0v) is 18.6. The molecule has 0 saturated carbocycles. The van der Waals surface area contributed by atoms with E-state index in [-0.39, 0.29) is 29.5 Å². The van der Waals surface area contributed by atoms with E-state index < -0.39 is 17.6 Å². The van der Waals surface area contributed by atoms with E-state index in [0.717, 1.165) is 11.8 Å². The Kier molecular flexibility index (Phi) is 6.35. The van der Waals surface area contributed by atoms with Gasteiger partial charge in [0.25, 0.3) is 11.8 Å². The van der Waals surface area contributed by atoms with E-state index in [1.54, 1.807) is 24.3 Å². The van der Waals surface area contributed by atoms with E-state index in [4.69, 9.17) is 17.0 Å². The SMILES string of the molecule is COCCN1C(=O)/C(=C2/C(=O)N(CC(=O)Nc3ccc(F)cc3)c3ccccc32)SC1=S. The topological polar surface area (TPSA) is 79.0 Å². The minimum absolute atomic E-state index is 0.229. The highest BCUT2D eigenvalue weighted by molar-refractivity contribution is 8.26. The summed E-state index contributed by atoms with van der Waals surface area (Å²) < 4.78 is 18.5. The summed E-state index contributed by atoms with van der Waals surface area (Å²) in [5.41, 5.74) is 1.74. The number of fused-ring (bicyclic) bond motifs is 1. The van der Waals surface area contributed by atoms with Gasteiger partial charge in [-0.2, -0.15) is 0 Å². The monoisotopic (exact) mass is 471 g/mol. The van der Waals surface area contributed by atoms with Gasteiger partial charge in [0, 0.05) is 18.4 Å². The number of thiocarbonyl (C=S) groups is 1. The Morgan fingerprint density at radius 2 is 1.81 bits per heavy atom. The van der Waals surface area contributed by atoms with Crippen LogP contribution in [0.25, 0.3) is 5.57 Å². The van der Waals surface area contributed by atoms with Crippen molar-refractivity contribution in [3.63, 3.8) is 0 Å². The lowest BCUT2D eigenvalue weighted by molar-refractivity contribution is -0.122. The minimum atomic E-state index is -0.451. The molecule has 0 radical (unpaired) electrons. The Labute approximate surface area is 193 Å². The van der Waals surface area contributed by atoms with Gasteiger partial charge in [-0.15, -0.1) is 0 Å². The van der Waals surface area contributed by atoms with Crippen LogP contribution in [0, 0.1) is 5.82 Å². The third-order valence-electron chi connectivity index (χ3n) is 4.95. The molecule has 0 atom stereocenters. The van der Waals surface area contributed by atoms with Crippen LogP contribution in [0.1, 0.15) is 5.56 Å². The number of hydrogen-bond donors (Lipinski definition) is 1. The van der Waals surface area contributed by atoms with Gasteiger partial charge in [-0.1, -0.05) is 42.2 Å². The fourth-order valence-corrected chi connectivity index (χ4v) is 4.84. The molecule has 164 valence electrons. The Hall–Kier alpha value is -3.08. The van der Waals surface area contributed by atoms with Gasteiger partial charge < -0.3 is 10.1 Å². The number of thioether (sulfide) groups is 1. The molecule has 0 spiro atoms. The Bertz CT molecular complexity index is 1150. The van der Waals surface area contributed by atoms with Crippen molar-refractivity contribution in [2.24, 2.45) is 0 Å². The number of rotatable bonds is 6. The number of nitrogens with zero attached hydrogens (tertiary/aromatic N) is 2. The Balaban J connectivity index is 1.62. The second-order valence-corrected chi connectivity index (χ2v) is 8.63. The zero-order chi connectivity index (χ0) is 22.8. The largest absolute Gasteiger partial charge is 0.383 e. The van der Waals surface area contributed by atoms with Crippen molar-refractivity contribution in [3.05, 3.63) is 64.8 Å². The van der Waals surface area contributed by atoms with E-state index in [9.17, 15) is 18.8 Å². The van der Waals surface area contributed by atoms with E-state index >= 15 is 0 Å². The first-order valence-corrected chi connectivity index (χ1v) is 10.9. The van der Waals surface area contributed by atoms with Crippen molar-refractivity contribution in [3.8, 4) is 0 Å². The molecular formula is C22H18FN3O4S2. The van der Waals surface area contributed by atoms with Gasteiger partial charge in [0.2, 0.25) is 5.91 Å². The molecule has 10 heteroatoms. The summed E-state index contributed by atoms with van der Waals surface area (Å²) in [7, 11) is 1.53. The van der Waals surface area contributed by atoms with Crippen molar-refractivity contribution in [2.75, 3.05) is 37.0 Å². The number of nitrogens with one attached hydrogen (secondary N) is 1. The maximum Gasteiger partial charge on any atom is 0.267 e. The number of carbonyl (C=O) groups excluding carboxylic acids is 3. The van der Waals surface area contributed by atoms with Crippen LogP contribution in [0.4, 0.5) is 15.8 Å². The van der Waals surface area contributed by atoms with Crippen LogP contribution in [0.5, 0.6) is 0 Å². The number of amides is 3. The average Bonchev–Trinajstić information content (AvgIpc) is 3.20. The minimum Gasteiger partial charge on any atom is -0.383 e. The van der Waals surface area contributed by atoms with Crippen LogP contribution in [0.15, 0.2) is 53.4 Å². The molecule has 2 aliphatic rings. The third kappa shape index (κ3) is 4.16. The van der Waals surface area contributed by atoms with Gasteiger partial charge in [-0.05, 0) is 30.3 Å². The molecule has 3 amide bonds. The molecule has 1 saturated heterocycles. The first-order valence-electron chi connectivity index (χ1n) is 9.64. The van der Waals surface area contributed by atoms with E-state index in [1.165, 1.54) is 41.2 Å². The van der Waals surface area contributed by atoms with Gasteiger partial charge in [0.1, 0.15) is 16.7 Å². The maximum atomic E-state index is 13.3. The molecule has 0 aromatic heterocycles. The van der Waals surface area contributed by atoms with Crippen molar-refractivity contribution >= 4 is 63.0 Å². The van der Waals surface area contributed by atoms with Crippen LogP contribution in [-0.2, 0) is 19.1 Å². The third-order valence-corrected chi connectivity index (χ3v) is 6.40. The molecule has 32 heavy (non-hydrogen) atoms. The second kappa shape index (κ2) is 9.19. The maximum absolute atomic E-state index is 13.3. The molecule has 1 N–H and O–H groups in total. The Morgan fingerprint density at radius 1 is 1.09 bits per heavy atom. The predicted octanol–water partition coefficient (Wildman–Crippen LogP) is 3.03. The number of hydrogen-bond acceptors (Lipinski definition) is 6. The molecule has 2 aromatic rings. The molecule has 2 aliphatic heterocycles. The zero-order valence-electron chi connectivity index (χ0n) is 17.0. The molecule has 2 aromatic carbocycles. The number of ether oxygens (including phenoxy) is 1. The highest BCUT2D eigenvalue weighted by Crippen LogP contribution is 2.44. The van der Waals surface area contributed by atoms with Crippen molar-refractivity contribution in [1.29, 1.82) is 0 Å². The van der Waals surface area contributed by atoms with Gasteiger partial charge in [0.05, 0.1) is 29.3 Å². The first-order chi connectivity index (χ1) is 15.4. The molecule has 7 nitrogen and oxygen atoms in total. The highest BCUT2D eigenvalue weighted by atomic mass is 32.2. The summed E-state index contributed by atoms with van der Waals surface area (Å²) in [6.45, 7) is 0.341. The molecular weight excluding hydrogens is 453 g/mol. The van der Waals surface area contributed by atoms with E-state index in [0.29, 0.717) is 27.9 Å². The standard InChI is InChI=1S/C22H18FN3O4S2/c1-30-11-10-25-21(29)19(32-22(25)31)18-15-4-2-3-5-16(15)26(20(18)28)12-17(27)24-14-8-6-13(23)7-9-14/h2-9H,10-12H2,1H3,(H,24,27)/b19-18-. The molecule has 2 heterocycles. The summed E-state index contributed by atoms with van der Waals surface area (Å²) in [5, 5.41) is 2.65. The molecule has 0 bridgehead atoms.